The topological polar surface area (TPSA) is 89.8 Å². The van der Waals surface area contributed by atoms with Gasteiger partial charge in [-0.2, -0.15) is 9.78 Å². The highest BCUT2D eigenvalue weighted by molar-refractivity contribution is 6.30. The van der Waals surface area contributed by atoms with Crippen molar-refractivity contribution in [3.8, 4) is 11.4 Å². The molecule has 1 aromatic carbocycles. The molecule has 1 aliphatic rings. The lowest BCUT2D eigenvalue weighted by Crippen LogP contribution is -2.50. The van der Waals surface area contributed by atoms with Gasteiger partial charge in [0.05, 0.1) is 18.5 Å². The number of carbonyl (C=O) groups is 1. The lowest BCUT2D eigenvalue weighted by atomic mass is 10.2. The fraction of sp³-hybridized carbons (Fsp3) is 0.385. The van der Waals surface area contributed by atoms with E-state index in [1.54, 1.807) is 41.6 Å². The third-order valence-corrected chi connectivity index (χ3v) is 5.81. The first-order valence-electron chi connectivity index (χ1n) is 11.8. The molecule has 0 unspecified atom stereocenters. The van der Waals surface area contributed by atoms with Gasteiger partial charge in [-0.3, -0.25) is 9.78 Å². The van der Waals surface area contributed by atoms with Crippen LogP contribution >= 0.6 is 11.6 Å². The molecule has 0 atom stereocenters. The van der Waals surface area contributed by atoms with Gasteiger partial charge in [-0.1, -0.05) is 23.7 Å². The van der Waals surface area contributed by atoms with Crippen molar-refractivity contribution < 1.29 is 14.3 Å². The number of pyridine rings is 1. The van der Waals surface area contributed by atoms with Gasteiger partial charge in [-0.05, 0) is 51.1 Å². The lowest BCUT2D eigenvalue weighted by molar-refractivity contribution is 0.0240. The van der Waals surface area contributed by atoms with Crippen molar-refractivity contribution in [2.45, 2.75) is 32.8 Å². The number of amides is 1. The number of ether oxygens (including phenoxy) is 2. The van der Waals surface area contributed by atoms with E-state index in [1.807, 2.05) is 43.9 Å². The molecular weight excluding hydrogens is 482 g/mol. The number of hydrogen-bond acceptors (Lipinski definition) is 7. The minimum absolute atomic E-state index is 0.201. The summed E-state index contributed by atoms with van der Waals surface area (Å²) in [4.78, 5) is 34.0. The molecular formula is C26H30ClN5O4. The average molecular weight is 512 g/mol. The van der Waals surface area contributed by atoms with Gasteiger partial charge < -0.3 is 19.3 Å². The number of hydrogen-bond donors (Lipinski definition) is 0. The summed E-state index contributed by atoms with van der Waals surface area (Å²) < 4.78 is 12.8. The van der Waals surface area contributed by atoms with Crippen LogP contribution < -0.4 is 15.2 Å². The van der Waals surface area contributed by atoms with Crippen molar-refractivity contribution in [1.82, 2.24) is 19.7 Å². The molecule has 3 heterocycles. The van der Waals surface area contributed by atoms with Crippen molar-refractivity contribution >= 4 is 23.4 Å². The van der Waals surface area contributed by atoms with E-state index in [2.05, 4.69) is 10.1 Å². The molecule has 10 heteroatoms. The van der Waals surface area contributed by atoms with Crippen LogP contribution in [0, 0.1) is 0 Å². The second-order valence-corrected chi connectivity index (χ2v) is 9.87. The van der Waals surface area contributed by atoms with Gasteiger partial charge in [0.2, 0.25) is 5.75 Å². The van der Waals surface area contributed by atoms with Gasteiger partial charge in [-0.25, -0.2) is 4.79 Å². The number of rotatable bonds is 6. The molecule has 0 aliphatic carbocycles. The highest BCUT2D eigenvalue weighted by Gasteiger charge is 2.28. The first kappa shape index (κ1) is 25.5. The predicted molar refractivity (Wildman–Crippen MR) is 138 cm³/mol. The molecule has 1 amide bonds. The number of aromatic nitrogens is 3. The number of nitrogens with zero attached hydrogens (tertiary/aromatic N) is 5. The second kappa shape index (κ2) is 11.0. The van der Waals surface area contributed by atoms with E-state index in [0.29, 0.717) is 49.0 Å². The van der Waals surface area contributed by atoms with Gasteiger partial charge in [0.1, 0.15) is 11.3 Å². The molecule has 3 aromatic rings. The Balaban J connectivity index is 1.57. The molecule has 0 radical (unpaired) electrons. The summed E-state index contributed by atoms with van der Waals surface area (Å²) in [6, 6.07) is 12.6. The van der Waals surface area contributed by atoms with Crippen LogP contribution in [-0.4, -0.2) is 64.1 Å². The Hall–Kier alpha value is -3.59. The molecule has 0 saturated carbocycles. The van der Waals surface area contributed by atoms with Crippen molar-refractivity contribution in [1.29, 1.82) is 0 Å². The summed E-state index contributed by atoms with van der Waals surface area (Å²) in [5, 5.41) is 4.90. The van der Waals surface area contributed by atoms with Crippen molar-refractivity contribution in [3.63, 3.8) is 0 Å². The normalized spacial score (nSPS) is 14.0. The fourth-order valence-electron chi connectivity index (χ4n) is 3.84. The Morgan fingerprint density at radius 2 is 1.86 bits per heavy atom. The molecule has 4 rings (SSSR count). The second-order valence-electron chi connectivity index (χ2n) is 9.43. The largest absolute Gasteiger partial charge is 0.486 e. The van der Waals surface area contributed by atoms with Gasteiger partial charge in [0.15, 0.2) is 0 Å². The SMILES string of the molecule is CC(C)(C)OC(=O)N1CCN(c2cnn(-c3cccc(Cl)c3)c(=O)c2OCCc2ccccn2)CC1. The van der Waals surface area contributed by atoms with Crippen LogP contribution in [0.2, 0.25) is 5.02 Å². The molecule has 0 bridgehead atoms. The monoisotopic (exact) mass is 511 g/mol. The minimum atomic E-state index is -0.558. The van der Waals surface area contributed by atoms with Crippen LogP contribution in [0.4, 0.5) is 10.5 Å². The third kappa shape index (κ3) is 6.34. The van der Waals surface area contributed by atoms with Crippen LogP contribution in [0.1, 0.15) is 26.5 Å². The number of halogens is 1. The van der Waals surface area contributed by atoms with Gasteiger partial charge in [0.25, 0.3) is 0 Å². The molecule has 9 nitrogen and oxygen atoms in total. The maximum absolute atomic E-state index is 13.5. The quantitative estimate of drug-likeness (QED) is 0.494. The maximum Gasteiger partial charge on any atom is 0.410 e. The van der Waals surface area contributed by atoms with E-state index >= 15 is 0 Å². The Morgan fingerprint density at radius 1 is 1.08 bits per heavy atom. The predicted octanol–water partition coefficient (Wildman–Crippen LogP) is 3.96. The van der Waals surface area contributed by atoms with Crippen LogP contribution in [0.3, 0.4) is 0 Å². The third-order valence-electron chi connectivity index (χ3n) is 5.57. The molecule has 1 saturated heterocycles. The first-order chi connectivity index (χ1) is 17.2. The summed E-state index contributed by atoms with van der Waals surface area (Å²) in [5.41, 5.74) is 1.06. The average Bonchev–Trinajstić information content (AvgIpc) is 2.84. The zero-order valence-corrected chi connectivity index (χ0v) is 21.4. The summed E-state index contributed by atoms with van der Waals surface area (Å²) in [5.74, 6) is 0.201. The van der Waals surface area contributed by atoms with E-state index in [-0.39, 0.29) is 24.0 Å². The molecule has 0 N–H and O–H groups in total. The molecule has 2 aromatic heterocycles. The summed E-state index contributed by atoms with van der Waals surface area (Å²) in [7, 11) is 0. The first-order valence-corrected chi connectivity index (χ1v) is 12.2. The Bertz CT molecular complexity index is 1250. The maximum atomic E-state index is 13.5. The highest BCUT2D eigenvalue weighted by Crippen LogP contribution is 2.26. The van der Waals surface area contributed by atoms with E-state index in [9.17, 15) is 9.59 Å². The number of piperazine rings is 1. The Labute approximate surface area is 215 Å². The Morgan fingerprint density at radius 3 is 2.53 bits per heavy atom. The summed E-state index contributed by atoms with van der Waals surface area (Å²) >= 11 is 6.14. The van der Waals surface area contributed by atoms with E-state index < -0.39 is 5.60 Å². The Kier molecular flexibility index (Phi) is 7.79. The standard InChI is InChI=1S/C26H30ClN5O4/c1-26(2,3)36-25(34)31-14-12-30(13-15-31)22-18-29-32(21-9-6-7-19(27)17-21)24(33)23(22)35-16-10-20-8-4-5-11-28-20/h4-9,11,17-18H,10,12-16H2,1-3H3. The number of carbonyl (C=O) groups excluding carboxylic acids is 1. The molecule has 190 valence electrons. The van der Waals surface area contributed by atoms with Crippen molar-refractivity contribution in [2.75, 3.05) is 37.7 Å². The van der Waals surface area contributed by atoms with E-state index in [0.717, 1.165) is 5.69 Å². The zero-order valence-electron chi connectivity index (χ0n) is 20.7. The fourth-order valence-corrected chi connectivity index (χ4v) is 4.03. The summed E-state index contributed by atoms with van der Waals surface area (Å²) in [6.07, 6.45) is 3.56. The number of anilines is 1. The highest BCUT2D eigenvalue weighted by atomic mass is 35.5. The van der Waals surface area contributed by atoms with E-state index in [4.69, 9.17) is 21.1 Å². The summed E-state index contributed by atoms with van der Waals surface area (Å²) in [6.45, 7) is 7.75. The van der Waals surface area contributed by atoms with Crippen LogP contribution in [0.5, 0.6) is 5.75 Å². The van der Waals surface area contributed by atoms with E-state index in [1.165, 1.54) is 4.68 Å². The smallest absolute Gasteiger partial charge is 0.410 e. The van der Waals surface area contributed by atoms with Gasteiger partial charge >= 0.3 is 11.7 Å². The molecule has 36 heavy (non-hydrogen) atoms. The lowest BCUT2D eigenvalue weighted by Gasteiger charge is -2.37. The van der Waals surface area contributed by atoms with Crippen LogP contribution in [0.25, 0.3) is 5.69 Å². The molecule has 0 spiro atoms. The van der Waals surface area contributed by atoms with Crippen LogP contribution in [-0.2, 0) is 11.2 Å². The molecule has 1 aliphatic heterocycles. The van der Waals surface area contributed by atoms with Gasteiger partial charge in [-0.15, -0.1) is 0 Å². The zero-order chi connectivity index (χ0) is 25.7. The van der Waals surface area contributed by atoms with Crippen molar-refractivity contribution in [2.24, 2.45) is 0 Å². The van der Waals surface area contributed by atoms with Crippen molar-refractivity contribution in [3.05, 3.63) is 75.9 Å². The number of benzene rings is 1. The minimum Gasteiger partial charge on any atom is -0.486 e. The van der Waals surface area contributed by atoms with Gasteiger partial charge in [0, 0.05) is 49.5 Å². The molecule has 1 fully saturated rings. The van der Waals surface area contributed by atoms with Crippen LogP contribution in [0.15, 0.2) is 59.7 Å².